The van der Waals surface area contributed by atoms with E-state index in [1.54, 1.807) is 18.2 Å². The summed E-state index contributed by atoms with van der Waals surface area (Å²) in [5.41, 5.74) is 0.407. The van der Waals surface area contributed by atoms with Gasteiger partial charge in [-0.2, -0.15) is 0 Å². The van der Waals surface area contributed by atoms with Gasteiger partial charge in [-0.1, -0.05) is 17.7 Å². The Bertz CT molecular complexity index is 451. The number of carboxylic acids is 1. The van der Waals surface area contributed by atoms with Crippen LogP contribution in [-0.4, -0.2) is 23.5 Å². The monoisotopic (exact) mass is 333 g/mol. The van der Waals surface area contributed by atoms with E-state index >= 15 is 0 Å². The maximum absolute atomic E-state index is 11.8. The molecule has 0 aliphatic heterocycles. The molecule has 1 amide bonds. The number of hydrogen-bond acceptors (Lipinski definition) is 2. The standard InChI is InChI=1S/C12H13BrClNO3/c13-9-5-3-4-8(11(9)14)12(18)15-7-2-1-6-10(16)17/h3-5H,1-2,6-7H2,(H,15,18)(H,16,17). The molecule has 2 N–H and O–H groups in total. The molecule has 1 rings (SSSR count). The molecular formula is C12H13BrClNO3. The van der Waals surface area contributed by atoms with Crippen LogP contribution >= 0.6 is 27.5 Å². The van der Waals surface area contributed by atoms with Gasteiger partial charge in [-0.25, -0.2) is 0 Å². The van der Waals surface area contributed by atoms with Crippen LogP contribution in [0, 0.1) is 0 Å². The predicted molar refractivity (Wildman–Crippen MR) is 73.0 cm³/mol. The van der Waals surface area contributed by atoms with Crippen molar-refractivity contribution in [3.8, 4) is 0 Å². The summed E-state index contributed by atoms with van der Waals surface area (Å²) < 4.78 is 0.669. The lowest BCUT2D eigenvalue weighted by molar-refractivity contribution is -0.137. The van der Waals surface area contributed by atoms with Gasteiger partial charge < -0.3 is 10.4 Å². The Hall–Kier alpha value is -1.07. The number of hydrogen-bond donors (Lipinski definition) is 2. The van der Waals surface area contributed by atoms with E-state index in [1.807, 2.05) is 0 Å². The van der Waals surface area contributed by atoms with Crippen LogP contribution in [0.25, 0.3) is 0 Å². The quantitative estimate of drug-likeness (QED) is 0.786. The molecule has 98 valence electrons. The predicted octanol–water partition coefficient (Wildman–Crippen LogP) is 3.09. The van der Waals surface area contributed by atoms with E-state index in [-0.39, 0.29) is 12.3 Å². The fraction of sp³-hybridized carbons (Fsp3) is 0.333. The third kappa shape index (κ3) is 4.66. The highest BCUT2D eigenvalue weighted by atomic mass is 79.9. The van der Waals surface area contributed by atoms with Crippen molar-refractivity contribution in [2.45, 2.75) is 19.3 Å². The Kier molecular flexibility index (Phi) is 6.15. The molecule has 0 aliphatic carbocycles. The maximum Gasteiger partial charge on any atom is 0.303 e. The van der Waals surface area contributed by atoms with Crippen molar-refractivity contribution in [1.82, 2.24) is 5.32 Å². The average Bonchev–Trinajstić information content (AvgIpc) is 2.31. The fourth-order valence-corrected chi connectivity index (χ4v) is 1.96. The van der Waals surface area contributed by atoms with Gasteiger partial charge in [0.25, 0.3) is 5.91 Å². The van der Waals surface area contributed by atoms with Gasteiger partial charge in [0.05, 0.1) is 10.6 Å². The van der Waals surface area contributed by atoms with Gasteiger partial charge in [0.2, 0.25) is 0 Å². The number of amides is 1. The van der Waals surface area contributed by atoms with Gasteiger partial charge in [0.1, 0.15) is 0 Å². The molecule has 6 heteroatoms. The van der Waals surface area contributed by atoms with E-state index in [0.29, 0.717) is 34.4 Å². The van der Waals surface area contributed by atoms with Crippen molar-refractivity contribution in [2.24, 2.45) is 0 Å². The number of rotatable bonds is 6. The van der Waals surface area contributed by atoms with Crippen molar-refractivity contribution in [3.63, 3.8) is 0 Å². The minimum Gasteiger partial charge on any atom is -0.481 e. The minimum atomic E-state index is -0.823. The first-order chi connectivity index (χ1) is 8.52. The number of carbonyl (C=O) groups is 2. The summed E-state index contributed by atoms with van der Waals surface area (Å²) in [5, 5.41) is 11.5. The average molecular weight is 335 g/mol. The molecule has 18 heavy (non-hydrogen) atoms. The van der Waals surface area contributed by atoms with Crippen molar-refractivity contribution in [3.05, 3.63) is 33.3 Å². The Morgan fingerprint density at radius 3 is 2.72 bits per heavy atom. The Balaban J connectivity index is 2.41. The van der Waals surface area contributed by atoms with Gasteiger partial charge in [0, 0.05) is 17.4 Å². The first-order valence-corrected chi connectivity index (χ1v) is 6.63. The van der Waals surface area contributed by atoms with Gasteiger partial charge >= 0.3 is 5.97 Å². The molecule has 0 spiro atoms. The van der Waals surface area contributed by atoms with Crippen LogP contribution in [0.5, 0.6) is 0 Å². The Labute approximate surface area is 118 Å². The van der Waals surface area contributed by atoms with E-state index in [1.165, 1.54) is 0 Å². The summed E-state index contributed by atoms with van der Waals surface area (Å²) in [6.45, 7) is 0.439. The summed E-state index contributed by atoms with van der Waals surface area (Å²) in [4.78, 5) is 22.1. The fourth-order valence-electron chi connectivity index (χ4n) is 1.38. The SMILES string of the molecule is O=C(O)CCCCNC(=O)c1cccc(Br)c1Cl. The first-order valence-electron chi connectivity index (χ1n) is 5.46. The van der Waals surface area contributed by atoms with Crippen molar-refractivity contribution in [2.75, 3.05) is 6.54 Å². The lowest BCUT2D eigenvalue weighted by atomic mass is 10.2. The highest BCUT2D eigenvalue weighted by Crippen LogP contribution is 2.25. The molecule has 0 aromatic heterocycles. The number of halogens is 2. The lowest BCUT2D eigenvalue weighted by Crippen LogP contribution is -2.24. The number of carbonyl (C=O) groups excluding carboxylic acids is 1. The van der Waals surface area contributed by atoms with Gasteiger partial charge in [-0.3, -0.25) is 9.59 Å². The topological polar surface area (TPSA) is 66.4 Å². The summed E-state index contributed by atoms with van der Waals surface area (Å²) in [6, 6.07) is 5.13. The second kappa shape index (κ2) is 7.38. The third-order valence-corrected chi connectivity index (χ3v) is 3.60. The molecule has 0 bridgehead atoms. The van der Waals surface area contributed by atoms with Crippen LogP contribution in [0.3, 0.4) is 0 Å². The zero-order valence-electron chi connectivity index (χ0n) is 9.58. The normalized spacial score (nSPS) is 10.1. The minimum absolute atomic E-state index is 0.119. The van der Waals surface area contributed by atoms with E-state index < -0.39 is 5.97 Å². The molecule has 0 heterocycles. The van der Waals surface area contributed by atoms with E-state index in [0.717, 1.165) is 0 Å². The number of carboxylic acid groups (broad SMARTS) is 1. The highest BCUT2D eigenvalue weighted by molar-refractivity contribution is 9.10. The molecule has 0 radical (unpaired) electrons. The molecule has 0 unspecified atom stereocenters. The summed E-state index contributed by atoms with van der Waals surface area (Å²) >= 11 is 9.23. The number of benzene rings is 1. The third-order valence-electron chi connectivity index (χ3n) is 2.30. The second-order valence-electron chi connectivity index (χ2n) is 3.71. The number of unbranched alkanes of at least 4 members (excludes halogenated alkanes) is 1. The molecule has 1 aromatic rings. The van der Waals surface area contributed by atoms with Crippen molar-refractivity contribution in [1.29, 1.82) is 0 Å². The zero-order chi connectivity index (χ0) is 13.5. The lowest BCUT2D eigenvalue weighted by Gasteiger charge is -2.07. The van der Waals surface area contributed by atoms with E-state index in [4.69, 9.17) is 16.7 Å². The maximum atomic E-state index is 11.8. The zero-order valence-corrected chi connectivity index (χ0v) is 11.9. The molecule has 0 saturated carbocycles. The molecule has 1 aromatic carbocycles. The number of aliphatic carboxylic acids is 1. The van der Waals surface area contributed by atoms with Crippen LogP contribution in [-0.2, 0) is 4.79 Å². The van der Waals surface area contributed by atoms with Crippen LogP contribution in [0.2, 0.25) is 5.02 Å². The largest absolute Gasteiger partial charge is 0.481 e. The van der Waals surface area contributed by atoms with Gasteiger partial charge in [-0.05, 0) is 40.9 Å². The molecular weight excluding hydrogens is 321 g/mol. The highest BCUT2D eigenvalue weighted by Gasteiger charge is 2.11. The Morgan fingerprint density at radius 2 is 2.06 bits per heavy atom. The van der Waals surface area contributed by atoms with E-state index in [9.17, 15) is 9.59 Å². The van der Waals surface area contributed by atoms with Crippen LogP contribution in [0.4, 0.5) is 0 Å². The molecule has 4 nitrogen and oxygen atoms in total. The molecule has 0 fully saturated rings. The van der Waals surface area contributed by atoms with Gasteiger partial charge in [0.15, 0.2) is 0 Å². The van der Waals surface area contributed by atoms with Crippen LogP contribution in [0.15, 0.2) is 22.7 Å². The summed E-state index contributed by atoms with van der Waals surface area (Å²) in [6.07, 6.45) is 1.29. The molecule has 0 aliphatic rings. The summed E-state index contributed by atoms with van der Waals surface area (Å²) in [5.74, 6) is -1.08. The van der Waals surface area contributed by atoms with Crippen molar-refractivity contribution < 1.29 is 14.7 Å². The smallest absolute Gasteiger partial charge is 0.303 e. The van der Waals surface area contributed by atoms with E-state index in [2.05, 4.69) is 21.2 Å². The second-order valence-corrected chi connectivity index (χ2v) is 4.94. The number of nitrogens with one attached hydrogen (secondary N) is 1. The Morgan fingerprint density at radius 1 is 1.33 bits per heavy atom. The molecule has 0 atom stereocenters. The molecule has 0 saturated heterocycles. The summed E-state index contributed by atoms with van der Waals surface area (Å²) in [7, 11) is 0. The van der Waals surface area contributed by atoms with Crippen molar-refractivity contribution >= 4 is 39.4 Å². The van der Waals surface area contributed by atoms with Crippen LogP contribution in [0.1, 0.15) is 29.6 Å². The van der Waals surface area contributed by atoms with Gasteiger partial charge in [-0.15, -0.1) is 0 Å². The van der Waals surface area contributed by atoms with Crippen LogP contribution < -0.4 is 5.32 Å². The first kappa shape index (κ1) is 15.0.